The Morgan fingerprint density at radius 1 is 1.22 bits per heavy atom. The summed E-state index contributed by atoms with van der Waals surface area (Å²) in [5.74, 6) is -0.744. The van der Waals surface area contributed by atoms with E-state index in [0.717, 1.165) is 16.7 Å². The second-order valence-electron chi connectivity index (χ2n) is 6.53. The number of Topliss-reactive ketones (excluding diaryl/α,β-unsaturated/α-hetero) is 1. The molecule has 2 aromatic carbocycles. The lowest BCUT2D eigenvalue weighted by atomic mass is 9.72. The minimum absolute atomic E-state index is 0.143. The van der Waals surface area contributed by atoms with Crippen LogP contribution in [-0.2, 0) is 19.5 Å². The number of rotatable bonds is 5. The van der Waals surface area contributed by atoms with Gasteiger partial charge in [-0.15, -0.1) is 0 Å². The van der Waals surface area contributed by atoms with E-state index in [-0.39, 0.29) is 18.2 Å². The summed E-state index contributed by atoms with van der Waals surface area (Å²) in [5, 5.41) is 13.1. The highest BCUT2D eigenvalue weighted by atomic mass is 16.5. The van der Waals surface area contributed by atoms with Gasteiger partial charge in [-0.3, -0.25) is 9.59 Å². The molecule has 3 rings (SSSR count). The van der Waals surface area contributed by atoms with E-state index in [9.17, 15) is 14.6 Å². The van der Waals surface area contributed by atoms with Gasteiger partial charge < -0.3 is 26.5 Å². The van der Waals surface area contributed by atoms with Gasteiger partial charge in [-0.1, -0.05) is 18.2 Å². The summed E-state index contributed by atoms with van der Waals surface area (Å²) in [7, 11) is -1.25. The van der Waals surface area contributed by atoms with Gasteiger partial charge in [-0.05, 0) is 48.2 Å². The van der Waals surface area contributed by atoms with Crippen molar-refractivity contribution in [3.63, 3.8) is 0 Å². The van der Waals surface area contributed by atoms with Crippen LogP contribution in [0.3, 0.4) is 0 Å². The van der Waals surface area contributed by atoms with E-state index in [1.165, 1.54) is 6.92 Å². The first-order chi connectivity index (χ1) is 12.9. The van der Waals surface area contributed by atoms with Gasteiger partial charge >= 0.3 is 7.12 Å². The van der Waals surface area contributed by atoms with Crippen molar-refractivity contribution in [3.05, 3.63) is 64.2 Å². The molecule has 0 aromatic heterocycles. The van der Waals surface area contributed by atoms with Crippen molar-refractivity contribution in [1.82, 2.24) is 5.32 Å². The summed E-state index contributed by atoms with van der Waals surface area (Å²) in [4.78, 5) is 24.3. The number of benzene rings is 2. The van der Waals surface area contributed by atoms with Gasteiger partial charge in [0.05, 0.1) is 11.5 Å². The van der Waals surface area contributed by atoms with Crippen LogP contribution in [0.2, 0.25) is 0 Å². The summed E-state index contributed by atoms with van der Waals surface area (Å²) < 4.78 is 5.54. The summed E-state index contributed by atoms with van der Waals surface area (Å²) in [6, 6.07) is 10.4. The SMILES string of the molecule is CC(=O)c1cccc2c1OB(O)[C@@H](NC(=O)c1ccc(CN)c(CN)c1)C2. The van der Waals surface area contributed by atoms with Crippen molar-refractivity contribution >= 4 is 18.8 Å². The number of carbonyl (C=O) groups excluding carboxylic acids is 2. The van der Waals surface area contributed by atoms with Crippen LogP contribution in [0.5, 0.6) is 5.75 Å². The molecule has 0 radical (unpaired) electrons. The fourth-order valence-electron chi connectivity index (χ4n) is 3.23. The van der Waals surface area contributed by atoms with E-state index in [2.05, 4.69) is 5.32 Å². The van der Waals surface area contributed by atoms with Crippen LogP contribution in [0.1, 0.15) is 44.3 Å². The van der Waals surface area contributed by atoms with E-state index in [1.807, 2.05) is 6.07 Å². The molecular formula is C19H22BN3O4. The summed E-state index contributed by atoms with van der Waals surface area (Å²) in [6.07, 6.45) is 0.355. The molecule has 1 amide bonds. The number of amides is 1. The fraction of sp³-hybridized carbons (Fsp3) is 0.263. The lowest BCUT2D eigenvalue weighted by molar-refractivity contribution is 0.0938. The first-order valence-electron chi connectivity index (χ1n) is 8.75. The van der Waals surface area contributed by atoms with E-state index in [1.54, 1.807) is 30.3 Å². The zero-order chi connectivity index (χ0) is 19.6. The smallest absolute Gasteiger partial charge is 0.534 e. The standard InChI is InChI=1S/C19H22BN3O4/c1-11(24)16-4-2-3-12-8-17(20(26)27-18(12)16)23-19(25)13-5-6-14(9-21)15(7-13)10-22/h2-7,17,26H,8-10,21-22H2,1H3,(H,23,25)/t17-/m0/s1. The maximum Gasteiger partial charge on any atom is 0.547 e. The Bertz CT molecular complexity index is 887. The summed E-state index contributed by atoms with van der Waals surface area (Å²) in [6.45, 7) is 2.07. The second kappa shape index (κ2) is 7.91. The van der Waals surface area contributed by atoms with Crippen LogP contribution in [-0.4, -0.2) is 29.8 Å². The molecule has 0 spiro atoms. The third-order valence-electron chi connectivity index (χ3n) is 4.72. The Morgan fingerprint density at radius 3 is 2.63 bits per heavy atom. The Kier molecular flexibility index (Phi) is 5.60. The lowest BCUT2D eigenvalue weighted by Gasteiger charge is -2.29. The maximum atomic E-state index is 12.6. The number of carbonyl (C=O) groups is 2. The predicted octanol–water partition coefficient (Wildman–Crippen LogP) is 0.560. The molecule has 0 bridgehead atoms. The van der Waals surface area contributed by atoms with Gasteiger partial charge in [0.1, 0.15) is 5.75 Å². The number of nitrogens with two attached hydrogens (primary N) is 2. The highest BCUT2D eigenvalue weighted by molar-refractivity contribution is 6.47. The molecule has 1 aliphatic rings. The number of ketones is 1. The molecule has 27 heavy (non-hydrogen) atoms. The first-order valence-corrected chi connectivity index (χ1v) is 8.75. The Hall–Kier alpha value is -2.68. The zero-order valence-corrected chi connectivity index (χ0v) is 15.1. The van der Waals surface area contributed by atoms with Crippen LogP contribution >= 0.6 is 0 Å². The van der Waals surface area contributed by atoms with Crippen molar-refractivity contribution in [3.8, 4) is 5.75 Å². The Labute approximate surface area is 157 Å². The number of hydrogen-bond donors (Lipinski definition) is 4. The summed E-state index contributed by atoms with van der Waals surface area (Å²) in [5.41, 5.74) is 14.7. The van der Waals surface area contributed by atoms with Crippen molar-refractivity contribution in [2.45, 2.75) is 32.4 Å². The number of para-hydroxylation sites is 1. The number of hydrogen-bond acceptors (Lipinski definition) is 6. The largest absolute Gasteiger partial charge is 0.547 e. The summed E-state index contributed by atoms with van der Waals surface area (Å²) >= 11 is 0. The third kappa shape index (κ3) is 3.87. The molecule has 140 valence electrons. The van der Waals surface area contributed by atoms with E-state index in [4.69, 9.17) is 16.1 Å². The van der Waals surface area contributed by atoms with Crippen LogP contribution in [0.4, 0.5) is 0 Å². The van der Waals surface area contributed by atoms with E-state index in [0.29, 0.717) is 29.8 Å². The number of nitrogens with one attached hydrogen (secondary N) is 1. The van der Waals surface area contributed by atoms with Gasteiger partial charge in [0.25, 0.3) is 5.91 Å². The Balaban J connectivity index is 1.79. The van der Waals surface area contributed by atoms with Crippen LogP contribution in [0.25, 0.3) is 0 Å². The third-order valence-corrected chi connectivity index (χ3v) is 4.72. The molecular weight excluding hydrogens is 345 g/mol. The van der Waals surface area contributed by atoms with Gasteiger partial charge in [0, 0.05) is 18.7 Å². The Morgan fingerprint density at radius 2 is 1.96 bits per heavy atom. The fourth-order valence-corrected chi connectivity index (χ4v) is 3.23. The van der Waals surface area contributed by atoms with Gasteiger partial charge in [0.2, 0.25) is 0 Å². The van der Waals surface area contributed by atoms with Crippen molar-refractivity contribution in [2.24, 2.45) is 11.5 Å². The topological polar surface area (TPSA) is 128 Å². The zero-order valence-electron chi connectivity index (χ0n) is 15.1. The minimum Gasteiger partial charge on any atom is -0.534 e. The highest BCUT2D eigenvalue weighted by Gasteiger charge is 2.37. The molecule has 0 aliphatic carbocycles. The van der Waals surface area contributed by atoms with Crippen LogP contribution in [0.15, 0.2) is 36.4 Å². The molecule has 0 fully saturated rings. The maximum absolute atomic E-state index is 12.6. The van der Waals surface area contributed by atoms with Gasteiger partial charge in [-0.2, -0.15) is 0 Å². The van der Waals surface area contributed by atoms with Crippen LogP contribution in [0, 0.1) is 0 Å². The van der Waals surface area contributed by atoms with Crippen molar-refractivity contribution in [1.29, 1.82) is 0 Å². The normalized spacial score (nSPS) is 15.7. The molecule has 1 heterocycles. The van der Waals surface area contributed by atoms with Crippen molar-refractivity contribution < 1.29 is 19.3 Å². The molecule has 0 saturated heterocycles. The molecule has 7 nitrogen and oxygen atoms in total. The second-order valence-corrected chi connectivity index (χ2v) is 6.53. The average Bonchev–Trinajstić information content (AvgIpc) is 2.67. The quantitative estimate of drug-likeness (QED) is 0.452. The minimum atomic E-state index is -1.25. The van der Waals surface area contributed by atoms with E-state index >= 15 is 0 Å². The van der Waals surface area contributed by atoms with Crippen LogP contribution < -0.4 is 21.4 Å². The van der Waals surface area contributed by atoms with Crippen molar-refractivity contribution in [2.75, 3.05) is 0 Å². The molecule has 0 unspecified atom stereocenters. The molecule has 1 aliphatic heterocycles. The monoisotopic (exact) mass is 367 g/mol. The number of fused-ring (bicyclic) bond motifs is 1. The predicted molar refractivity (Wildman–Crippen MR) is 102 cm³/mol. The first kappa shape index (κ1) is 19.1. The molecule has 6 N–H and O–H groups in total. The van der Waals surface area contributed by atoms with Gasteiger partial charge in [-0.25, -0.2) is 0 Å². The molecule has 0 saturated carbocycles. The highest BCUT2D eigenvalue weighted by Crippen LogP contribution is 2.30. The molecule has 1 atom stereocenters. The van der Waals surface area contributed by atoms with Gasteiger partial charge in [0.15, 0.2) is 5.78 Å². The molecule has 2 aromatic rings. The van der Waals surface area contributed by atoms with E-state index < -0.39 is 13.1 Å². The molecule has 8 heteroatoms. The average molecular weight is 367 g/mol. The lowest BCUT2D eigenvalue weighted by Crippen LogP contribution is -2.53.